The summed E-state index contributed by atoms with van der Waals surface area (Å²) in [6.07, 6.45) is 2.30. The molecular formula is C24H28N2O5S. The number of hydrogen-bond acceptors (Lipinski definition) is 7. The van der Waals surface area contributed by atoms with E-state index in [0.717, 1.165) is 25.9 Å². The predicted molar refractivity (Wildman–Crippen MR) is 123 cm³/mol. The van der Waals surface area contributed by atoms with Gasteiger partial charge < -0.3 is 24.4 Å². The largest absolute Gasteiger partial charge is 0.503 e. The van der Waals surface area contributed by atoms with Crippen molar-refractivity contribution in [1.29, 1.82) is 0 Å². The number of rotatable bonds is 9. The number of aliphatic hydroxyl groups is 1. The Morgan fingerprint density at radius 2 is 1.97 bits per heavy atom. The van der Waals surface area contributed by atoms with E-state index >= 15 is 0 Å². The zero-order chi connectivity index (χ0) is 22.7. The number of likely N-dealkylation sites (tertiary alicyclic amines) is 1. The molecule has 1 amide bonds. The number of nitrogens with zero attached hydrogens (tertiary/aromatic N) is 2. The SMILES string of the molecule is CCOc1ccc(C2C(C(=O)c3cccs3)=C(O)C(=O)N2CCN2CCCC2)cc1OC. The summed E-state index contributed by atoms with van der Waals surface area (Å²) in [7, 11) is 1.55. The number of ketones is 1. The Morgan fingerprint density at radius 1 is 1.19 bits per heavy atom. The third kappa shape index (κ3) is 4.25. The second kappa shape index (κ2) is 9.75. The second-order valence-corrected chi connectivity index (χ2v) is 8.81. The Balaban J connectivity index is 1.72. The molecule has 32 heavy (non-hydrogen) atoms. The Kier molecular flexibility index (Phi) is 6.81. The number of benzene rings is 1. The van der Waals surface area contributed by atoms with Crippen LogP contribution in [0.3, 0.4) is 0 Å². The molecule has 2 aliphatic rings. The normalized spacial score (nSPS) is 19.1. The molecule has 1 fully saturated rings. The van der Waals surface area contributed by atoms with E-state index in [2.05, 4.69) is 4.90 Å². The molecule has 0 radical (unpaired) electrons. The molecule has 1 aromatic heterocycles. The maximum absolute atomic E-state index is 13.3. The summed E-state index contributed by atoms with van der Waals surface area (Å²) >= 11 is 1.29. The van der Waals surface area contributed by atoms with Crippen molar-refractivity contribution in [2.75, 3.05) is 39.9 Å². The third-order valence-electron chi connectivity index (χ3n) is 5.95. The van der Waals surface area contributed by atoms with Gasteiger partial charge in [-0.1, -0.05) is 12.1 Å². The number of carbonyl (C=O) groups excluding carboxylic acids is 2. The van der Waals surface area contributed by atoms with Crippen LogP contribution in [-0.4, -0.2) is 66.5 Å². The molecule has 3 heterocycles. The van der Waals surface area contributed by atoms with Crippen LogP contribution in [0.15, 0.2) is 47.0 Å². The molecule has 0 bridgehead atoms. The van der Waals surface area contributed by atoms with E-state index in [1.807, 2.05) is 18.4 Å². The van der Waals surface area contributed by atoms with Gasteiger partial charge in [-0.2, -0.15) is 0 Å². The van der Waals surface area contributed by atoms with Crippen LogP contribution in [0.25, 0.3) is 0 Å². The summed E-state index contributed by atoms with van der Waals surface area (Å²) in [5.74, 6) is -0.200. The first kappa shape index (κ1) is 22.4. The van der Waals surface area contributed by atoms with Crippen molar-refractivity contribution in [2.45, 2.75) is 25.8 Å². The summed E-state index contributed by atoms with van der Waals surface area (Å²) < 4.78 is 11.1. The van der Waals surface area contributed by atoms with Crippen LogP contribution in [0, 0.1) is 0 Å². The van der Waals surface area contributed by atoms with E-state index in [0.29, 0.717) is 41.6 Å². The Labute approximate surface area is 191 Å². The molecular weight excluding hydrogens is 428 g/mol. The Hall–Kier alpha value is -2.84. The Bertz CT molecular complexity index is 1010. The Morgan fingerprint density at radius 3 is 2.62 bits per heavy atom. The number of thiophene rings is 1. The first-order valence-electron chi connectivity index (χ1n) is 10.9. The van der Waals surface area contributed by atoms with Crippen molar-refractivity contribution >= 4 is 23.0 Å². The quantitative estimate of drug-likeness (QED) is 0.578. The highest BCUT2D eigenvalue weighted by molar-refractivity contribution is 7.12. The van der Waals surface area contributed by atoms with Gasteiger partial charge in [-0.15, -0.1) is 11.3 Å². The predicted octanol–water partition coefficient (Wildman–Crippen LogP) is 3.83. The molecule has 1 N–H and O–H groups in total. The van der Waals surface area contributed by atoms with E-state index in [9.17, 15) is 14.7 Å². The van der Waals surface area contributed by atoms with Crippen molar-refractivity contribution in [3.05, 3.63) is 57.5 Å². The van der Waals surface area contributed by atoms with E-state index in [1.54, 1.807) is 36.3 Å². The van der Waals surface area contributed by atoms with E-state index in [-0.39, 0.29) is 11.4 Å². The number of hydrogen-bond donors (Lipinski definition) is 1. The molecule has 0 spiro atoms. The molecule has 170 valence electrons. The summed E-state index contributed by atoms with van der Waals surface area (Å²) in [6, 6.07) is 8.20. The van der Waals surface area contributed by atoms with Crippen LogP contribution < -0.4 is 9.47 Å². The summed E-state index contributed by atoms with van der Waals surface area (Å²) in [5.41, 5.74) is 0.814. The lowest BCUT2D eigenvalue weighted by molar-refractivity contribution is -0.129. The highest BCUT2D eigenvalue weighted by atomic mass is 32.1. The van der Waals surface area contributed by atoms with Gasteiger partial charge >= 0.3 is 0 Å². The number of Topliss-reactive ketones (excluding diaryl/α,β-unsaturated/α-hetero) is 1. The van der Waals surface area contributed by atoms with Crippen LogP contribution >= 0.6 is 11.3 Å². The van der Waals surface area contributed by atoms with Gasteiger partial charge in [0.05, 0.1) is 30.2 Å². The minimum atomic E-state index is -0.690. The van der Waals surface area contributed by atoms with E-state index in [1.165, 1.54) is 11.3 Å². The molecule has 4 rings (SSSR count). The van der Waals surface area contributed by atoms with Gasteiger partial charge in [-0.25, -0.2) is 0 Å². The van der Waals surface area contributed by atoms with Gasteiger partial charge in [0.15, 0.2) is 17.3 Å². The number of carbonyl (C=O) groups is 2. The maximum atomic E-state index is 13.3. The van der Waals surface area contributed by atoms with Crippen molar-refractivity contribution in [2.24, 2.45) is 0 Å². The lowest BCUT2D eigenvalue weighted by Gasteiger charge is -2.29. The van der Waals surface area contributed by atoms with Crippen molar-refractivity contribution in [1.82, 2.24) is 9.80 Å². The average molecular weight is 457 g/mol. The van der Waals surface area contributed by atoms with Gasteiger partial charge in [0, 0.05) is 13.1 Å². The number of aliphatic hydroxyl groups excluding tert-OH is 1. The molecule has 8 heteroatoms. The van der Waals surface area contributed by atoms with Crippen molar-refractivity contribution < 1.29 is 24.2 Å². The van der Waals surface area contributed by atoms with Crippen LogP contribution in [-0.2, 0) is 4.79 Å². The number of ether oxygens (including phenoxy) is 2. The minimum absolute atomic E-state index is 0.116. The van der Waals surface area contributed by atoms with Crippen molar-refractivity contribution in [3.8, 4) is 11.5 Å². The molecule has 2 aromatic rings. The van der Waals surface area contributed by atoms with Crippen LogP contribution in [0.5, 0.6) is 11.5 Å². The van der Waals surface area contributed by atoms with Crippen LogP contribution in [0.1, 0.15) is 41.0 Å². The molecule has 2 aliphatic heterocycles. The van der Waals surface area contributed by atoms with E-state index < -0.39 is 17.7 Å². The first-order chi connectivity index (χ1) is 15.5. The van der Waals surface area contributed by atoms with Gasteiger partial charge in [0.25, 0.3) is 5.91 Å². The van der Waals surface area contributed by atoms with Crippen LogP contribution in [0.2, 0.25) is 0 Å². The third-order valence-corrected chi connectivity index (χ3v) is 6.82. The molecule has 1 aromatic carbocycles. The molecule has 1 saturated heterocycles. The molecule has 1 atom stereocenters. The van der Waals surface area contributed by atoms with E-state index in [4.69, 9.17) is 9.47 Å². The first-order valence-corrected chi connectivity index (χ1v) is 11.8. The monoisotopic (exact) mass is 456 g/mol. The van der Waals surface area contributed by atoms with Gasteiger partial charge in [0.1, 0.15) is 0 Å². The van der Waals surface area contributed by atoms with Gasteiger partial charge in [0.2, 0.25) is 5.78 Å². The smallest absolute Gasteiger partial charge is 0.290 e. The lowest BCUT2D eigenvalue weighted by atomic mass is 9.95. The summed E-state index contributed by atoms with van der Waals surface area (Å²) in [6.45, 7) is 5.51. The number of amides is 1. The zero-order valence-electron chi connectivity index (χ0n) is 18.4. The van der Waals surface area contributed by atoms with Crippen LogP contribution in [0.4, 0.5) is 0 Å². The fourth-order valence-corrected chi connectivity index (χ4v) is 5.07. The standard InChI is InChI=1S/C24H28N2O5S/c1-3-31-17-9-8-16(15-18(17)30-2)21-20(22(27)19-7-6-14-32-19)23(28)24(29)26(21)13-12-25-10-4-5-11-25/h6-9,14-15,21,28H,3-5,10-13H2,1-2H3. The van der Waals surface area contributed by atoms with Gasteiger partial charge in [-0.05, 0) is 62.0 Å². The second-order valence-electron chi connectivity index (χ2n) is 7.86. The fourth-order valence-electron chi connectivity index (χ4n) is 4.39. The van der Waals surface area contributed by atoms with Crippen molar-refractivity contribution in [3.63, 3.8) is 0 Å². The minimum Gasteiger partial charge on any atom is -0.503 e. The summed E-state index contributed by atoms with van der Waals surface area (Å²) in [4.78, 5) is 30.8. The topological polar surface area (TPSA) is 79.3 Å². The fraction of sp³-hybridized carbons (Fsp3) is 0.417. The maximum Gasteiger partial charge on any atom is 0.290 e. The number of methoxy groups -OCH3 is 1. The average Bonchev–Trinajstić information content (AvgIpc) is 3.56. The molecule has 7 nitrogen and oxygen atoms in total. The highest BCUT2D eigenvalue weighted by Gasteiger charge is 2.44. The van der Waals surface area contributed by atoms with Gasteiger partial charge in [-0.3, -0.25) is 9.59 Å². The highest BCUT2D eigenvalue weighted by Crippen LogP contribution is 2.42. The zero-order valence-corrected chi connectivity index (χ0v) is 19.2. The molecule has 1 unspecified atom stereocenters. The summed E-state index contributed by atoms with van der Waals surface area (Å²) in [5, 5.41) is 12.6. The lowest BCUT2D eigenvalue weighted by Crippen LogP contribution is -2.37. The molecule has 0 saturated carbocycles. The molecule has 0 aliphatic carbocycles.